The molecule has 0 spiro atoms. The maximum atomic E-state index is 12.5. The predicted octanol–water partition coefficient (Wildman–Crippen LogP) is 2.33. The number of rotatable bonds is 1. The summed E-state index contributed by atoms with van der Waals surface area (Å²) in [4.78, 5) is 18.8. The van der Waals surface area contributed by atoms with E-state index in [-0.39, 0.29) is 11.6 Å². The number of hydrogen-bond donors (Lipinski definition) is 1. The number of nitrogens with zero attached hydrogens (tertiary/aromatic N) is 3. The number of aromatic nitrogens is 2. The molecule has 0 aliphatic carbocycles. The van der Waals surface area contributed by atoms with Crippen molar-refractivity contribution in [1.29, 1.82) is 0 Å². The number of benzene rings is 1. The van der Waals surface area contributed by atoms with Crippen molar-refractivity contribution in [3.8, 4) is 0 Å². The van der Waals surface area contributed by atoms with Gasteiger partial charge in [-0.05, 0) is 32.0 Å². The molecule has 0 amide bonds. The van der Waals surface area contributed by atoms with Gasteiger partial charge in [-0.2, -0.15) is 0 Å². The van der Waals surface area contributed by atoms with E-state index in [9.17, 15) is 9.90 Å². The Balaban J connectivity index is 2.23. The van der Waals surface area contributed by atoms with Crippen LogP contribution in [-0.2, 0) is 7.05 Å². The summed E-state index contributed by atoms with van der Waals surface area (Å²) in [6.07, 6.45) is 0.795. The predicted molar refractivity (Wildman–Crippen MR) is 82.7 cm³/mol. The van der Waals surface area contributed by atoms with Crippen LogP contribution in [0, 0.1) is 0 Å². The van der Waals surface area contributed by atoms with Crippen LogP contribution in [0.5, 0.6) is 0 Å². The SMILES string of the molecule is CN1C(O)CCC1c1nc2cc(Cl)c(Cl)cc2n(C)c1=O. The normalized spacial score (nSPS) is 23.1. The van der Waals surface area contributed by atoms with Gasteiger partial charge in [-0.25, -0.2) is 4.98 Å². The first kappa shape index (κ1) is 14.8. The fourth-order valence-electron chi connectivity index (χ4n) is 2.81. The molecule has 0 bridgehead atoms. The highest BCUT2D eigenvalue weighted by Crippen LogP contribution is 2.32. The Morgan fingerprint density at radius 1 is 1.24 bits per heavy atom. The van der Waals surface area contributed by atoms with E-state index in [4.69, 9.17) is 23.2 Å². The van der Waals surface area contributed by atoms with Crippen molar-refractivity contribution in [2.45, 2.75) is 25.1 Å². The van der Waals surface area contributed by atoms with E-state index in [0.717, 1.165) is 0 Å². The number of likely N-dealkylation sites (tertiary alicyclic amines) is 1. The summed E-state index contributed by atoms with van der Waals surface area (Å²) in [5, 5.41) is 10.6. The van der Waals surface area contributed by atoms with Gasteiger partial charge >= 0.3 is 0 Å². The third kappa shape index (κ3) is 2.34. The van der Waals surface area contributed by atoms with Crippen LogP contribution in [-0.4, -0.2) is 32.8 Å². The van der Waals surface area contributed by atoms with Crippen LogP contribution in [0.1, 0.15) is 24.6 Å². The van der Waals surface area contributed by atoms with Gasteiger partial charge in [-0.1, -0.05) is 23.2 Å². The number of halogens is 2. The number of aliphatic hydroxyl groups is 1. The topological polar surface area (TPSA) is 58.4 Å². The molecule has 1 N–H and O–H groups in total. The van der Waals surface area contributed by atoms with Crippen molar-refractivity contribution in [3.63, 3.8) is 0 Å². The highest BCUT2D eigenvalue weighted by molar-refractivity contribution is 6.42. The Morgan fingerprint density at radius 2 is 1.90 bits per heavy atom. The third-order valence-corrected chi connectivity index (χ3v) is 4.84. The van der Waals surface area contributed by atoms with Crippen LogP contribution < -0.4 is 5.56 Å². The summed E-state index contributed by atoms with van der Waals surface area (Å²) in [5.41, 5.74) is 1.52. The average Bonchev–Trinajstić information content (AvgIpc) is 2.77. The molecular weight excluding hydrogens is 313 g/mol. The average molecular weight is 328 g/mol. The molecule has 2 heterocycles. The summed E-state index contributed by atoms with van der Waals surface area (Å²) < 4.78 is 1.53. The van der Waals surface area contributed by atoms with Crippen LogP contribution in [0.25, 0.3) is 11.0 Å². The molecule has 1 aromatic carbocycles. The van der Waals surface area contributed by atoms with Crippen LogP contribution in [0.4, 0.5) is 0 Å². The van der Waals surface area contributed by atoms with E-state index in [1.54, 1.807) is 31.1 Å². The van der Waals surface area contributed by atoms with Gasteiger partial charge in [-0.15, -0.1) is 0 Å². The molecule has 2 aromatic rings. The van der Waals surface area contributed by atoms with Crippen LogP contribution in [0.2, 0.25) is 10.0 Å². The molecule has 1 saturated heterocycles. The summed E-state index contributed by atoms with van der Waals surface area (Å²) in [5.74, 6) is 0. The van der Waals surface area contributed by atoms with Crippen molar-refractivity contribution in [2.75, 3.05) is 7.05 Å². The lowest BCUT2D eigenvalue weighted by atomic mass is 10.1. The van der Waals surface area contributed by atoms with E-state index in [0.29, 0.717) is 39.6 Å². The minimum Gasteiger partial charge on any atom is -0.378 e. The summed E-state index contributed by atoms with van der Waals surface area (Å²) in [6, 6.07) is 3.12. The van der Waals surface area contributed by atoms with E-state index in [1.165, 1.54) is 4.57 Å². The number of hydrogen-bond acceptors (Lipinski definition) is 4. The summed E-state index contributed by atoms with van der Waals surface area (Å²) in [6.45, 7) is 0. The number of aryl methyl sites for hydroxylation is 1. The monoisotopic (exact) mass is 327 g/mol. The second-order valence-electron chi connectivity index (χ2n) is 5.36. The van der Waals surface area contributed by atoms with Crippen LogP contribution in [0.15, 0.2) is 16.9 Å². The molecule has 0 saturated carbocycles. The lowest BCUT2D eigenvalue weighted by molar-refractivity contribution is 0.0363. The van der Waals surface area contributed by atoms with Gasteiger partial charge in [0.1, 0.15) is 11.9 Å². The Kier molecular flexibility index (Phi) is 3.69. The van der Waals surface area contributed by atoms with Crippen LogP contribution >= 0.6 is 23.2 Å². The molecule has 5 nitrogen and oxygen atoms in total. The van der Waals surface area contributed by atoms with Gasteiger partial charge in [0.05, 0.1) is 27.1 Å². The number of fused-ring (bicyclic) bond motifs is 1. The van der Waals surface area contributed by atoms with Gasteiger partial charge in [0.2, 0.25) is 0 Å². The van der Waals surface area contributed by atoms with Gasteiger partial charge < -0.3 is 9.67 Å². The minimum atomic E-state index is -0.536. The smallest absolute Gasteiger partial charge is 0.274 e. The quantitative estimate of drug-likeness (QED) is 0.873. The summed E-state index contributed by atoms with van der Waals surface area (Å²) in [7, 11) is 3.48. The van der Waals surface area contributed by atoms with Gasteiger partial charge in [0, 0.05) is 7.05 Å². The third-order valence-electron chi connectivity index (χ3n) is 4.12. The molecule has 112 valence electrons. The molecule has 7 heteroatoms. The molecule has 1 aliphatic heterocycles. The van der Waals surface area contributed by atoms with Crippen molar-refractivity contribution in [2.24, 2.45) is 7.05 Å². The molecule has 1 aliphatic rings. The van der Waals surface area contributed by atoms with E-state index < -0.39 is 6.23 Å². The number of aliphatic hydroxyl groups excluding tert-OH is 1. The van der Waals surface area contributed by atoms with Crippen molar-refractivity contribution in [3.05, 3.63) is 38.2 Å². The van der Waals surface area contributed by atoms with Gasteiger partial charge in [0.25, 0.3) is 5.56 Å². The maximum absolute atomic E-state index is 12.5. The second-order valence-corrected chi connectivity index (χ2v) is 6.17. The van der Waals surface area contributed by atoms with E-state index >= 15 is 0 Å². The lowest BCUT2D eigenvalue weighted by Gasteiger charge is -2.22. The standard InChI is InChI=1S/C14H15Cl2N3O2/c1-18-10(3-4-12(18)20)13-14(21)19(2)11-6-8(16)7(15)5-9(11)17-13/h5-6,10,12,20H,3-4H2,1-2H3. The van der Waals surface area contributed by atoms with Crippen molar-refractivity contribution < 1.29 is 5.11 Å². The van der Waals surface area contributed by atoms with Crippen molar-refractivity contribution in [1.82, 2.24) is 14.5 Å². The van der Waals surface area contributed by atoms with Gasteiger partial charge in [-0.3, -0.25) is 9.69 Å². The Labute approximate surface area is 131 Å². The zero-order chi connectivity index (χ0) is 15.3. The fourth-order valence-corrected chi connectivity index (χ4v) is 3.13. The minimum absolute atomic E-state index is 0.174. The largest absolute Gasteiger partial charge is 0.378 e. The Morgan fingerprint density at radius 3 is 2.52 bits per heavy atom. The first-order chi connectivity index (χ1) is 9.90. The Bertz CT molecular complexity index is 775. The molecule has 2 unspecified atom stereocenters. The summed E-state index contributed by atoms with van der Waals surface area (Å²) >= 11 is 12.0. The molecule has 1 fully saturated rings. The molecular formula is C14H15Cl2N3O2. The highest BCUT2D eigenvalue weighted by atomic mass is 35.5. The van der Waals surface area contributed by atoms with Gasteiger partial charge in [0.15, 0.2) is 0 Å². The highest BCUT2D eigenvalue weighted by Gasteiger charge is 2.33. The molecule has 0 radical (unpaired) electrons. The molecule has 21 heavy (non-hydrogen) atoms. The van der Waals surface area contributed by atoms with Crippen LogP contribution in [0.3, 0.4) is 0 Å². The second kappa shape index (κ2) is 5.25. The fraction of sp³-hybridized carbons (Fsp3) is 0.429. The molecule has 1 aromatic heterocycles. The molecule has 3 rings (SSSR count). The lowest BCUT2D eigenvalue weighted by Crippen LogP contribution is -2.33. The van der Waals surface area contributed by atoms with Crippen molar-refractivity contribution >= 4 is 34.2 Å². The zero-order valence-corrected chi connectivity index (χ0v) is 13.2. The first-order valence-electron chi connectivity index (χ1n) is 6.66. The first-order valence-corrected chi connectivity index (χ1v) is 7.41. The van der Waals surface area contributed by atoms with E-state index in [1.807, 2.05) is 0 Å². The maximum Gasteiger partial charge on any atom is 0.274 e. The van der Waals surface area contributed by atoms with E-state index in [2.05, 4.69) is 4.98 Å². The molecule has 2 atom stereocenters. The zero-order valence-electron chi connectivity index (χ0n) is 11.7. The Hall–Kier alpha value is -1.14.